The minimum Gasteiger partial charge on any atom is -0.492 e. The quantitative estimate of drug-likeness (QED) is 0.526. The monoisotopic (exact) mass is 416 g/mol. The first-order valence-corrected chi connectivity index (χ1v) is 8.32. The number of aromatic hydroxyl groups is 1. The summed E-state index contributed by atoms with van der Waals surface area (Å²) in [5, 5.41) is 15.8. The number of hydrogen-bond acceptors (Lipinski definition) is 7. The number of aromatic nitrogens is 5. The molecule has 1 amide bonds. The number of carbonyl (C=O) groups excluding carboxylic acids is 1. The molecule has 2 N–H and O–H groups in total. The minimum atomic E-state index is -4.86. The van der Waals surface area contributed by atoms with Gasteiger partial charge in [0.25, 0.3) is 5.91 Å². The number of carbonyl (C=O) groups is 1. The van der Waals surface area contributed by atoms with Crippen LogP contribution in [-0.2, 0) is 0 Å². The lowest BCUT2D eigenvalue weighted by Crippen LogP contribution is -2.17. The topological polar surface area (TPSA) is 115 Å². The number of alkyl halides is 3. The van der Waals surface area contributed by atoms with E-state index in [-0.39, 0.29) is 34.2 Å². The van der Waals surface area contributed by atoms with Gasteiger partial charge in [-0.25, -0.2) is 19.5 Å². The smallest absolute Gasteiger partial charge is 0.492 e. The number of benzene rings is 1. The van der Waals surface area contributed by atoms with E-state index in [9.17, 15) is 18.0 Å². The van der Waals surface area contributed by atoms with Crippen LogP contribution >= 0.6 is 0 Å². The molecule has 9 nitrogen and oxygen atoms in total. The number of amides is 1. The SMILES string of the molecule is O=C(Nc1cnn2ccc(-c3ccccc3OC(F)(F)F)nc12)c1cnc(O)cn1. The predicted octanol–water partition coefficient (Wildman–Crippen LogP) is 3.04. The predicted molar refractivity (Wildman–Crippen MR) is 96.8 cm³/mol. The van der Waals surface area contributed by atoms with Crippen molar-refractivity contribution in [2.24, 2.45) is 0 Å². The second kappa shape index (κ2) is 7.31. The molecule has 0 bridgehead atoms. The fourth-order valence-electron chi connectivity index (χ4n) is 2.62. The van der Waals surface area contributed by atoms with Gasteiger partial charge in [0.15, 0.2) is 5.65 Å². The normalized spacial score (nSPS) is 11.4. The van der Waals surface area contributed by atoms with E-state index in [0.717, 1.165) is 12.4 Å². The number of hydrogen-bond donors (Lipinski definition) is 2. The van der Waals surface area contributed by atoms with Crippen molar-refractivity contribution in [1.82, 2.24) is 24.6 Å². The highest BCUT2D eigenvalue weighted by Crippen LogP contribution is 2.33. The van der Waals surface area contributed by atoms with Crippen molar-refractivity contribution in [3.8, 4) is 22.9 Å². The van der Waals surface area contributed by atoms with Crippen molar-refractivity contribution >= 4 is 17.2 Å². The zero-order valence-corrected chi connectivity index (χ0v) is 14.8. The molecule has 0 fully saturated rings. The molecule has 0 aliphatic carbocycles. The van der Waals surface area contributed by atoms with Crippen LogP contribution in [0.25, 0.3) is 16.9 Å². The Labute approximate surface area is 165 Å². The zero-order chi connectivity index (χ0) is 21.3. The van der Waals surface area contributed by atoms with Crippen molar-refractivity contribution in [2.45, 2.75) is 6.36 Å². The number of anilines is 1. The first kappa shape index (κ1) is 19.1. The lowest BCUT2D eigenvalue weighted by molar-refractivity contribution is -0.274. The Balaban J connectivity index is 1.69. The van der Waals surface area contributed by atoms with Gasteiger partial charge in [0.2, 0.25) is 5.88 Å². The third kappa shape index (κ3) is 3.97. The Hall–Kier alpha value is -4.22. The summed E-state index contributed by atoms with van der Waals surface area (Å²) in [6, 6.07) is 7.03. The molecular weight excluding hydrogens is 405 g/mol. The van der Waals surface area contributed by atoms with E-state index < -0.39 is 18.0 Å². The van der Waals surface area contributed by atoms with Crippen LogP contribution in [0.4, 0.5) is 18.9 Å². The number of halogens is 3. The molecule has 0 unspecified atom stereocenters. The first-order valence-electron chi connectivity index (χ1n) is 8.32. The molecule has 12 heteroatoms. The van der Waals surface area contributed by atoms with E-state index in [0.29, 0.717) is 0 Å². The highest BCUT2D eigenvalue weighted by molar-refractivity contribution is 6.04. The van der Waals surface area contributed by atoms with Crippen LogP contribution < -0.4 is 10.1 Å². The van der Waals surface area contributed by atoms with E-state index in [1.54, 1.807) is 6.07 Å². The number of para-hydroxylation sites is 1. The van der Waals surface area contributed by atoms with Gasteiger partial charge in [-0.05, 0) is 18.2 Å². The molecule has 3 aromatic heterocycles. The summed E-state index contributed by atoms with van der Waals surface area (Å²) >= 11 is 0. The van der Waals surface area contributed by atoms with Gasteiger partial charge >= 0.3 is 6.36 Å². The summed E-state index contributed by atoms with van der Waals surface area (Å²) in [7, 11) is 0. The largest absolute Gasteiger partial charge is 0.573 e. The lowest BCUT2D eigenvalue weighted by atomic mass is 10.1. The van der Waals surface area contributed by atoms with Gasteiger partial charge in [0, 0.05) is 11.8 Å². The van der Waals surface area contributed by atoms with Crippen LogP contribution in [0.1, 0.15) is 10.5 Å². The zero-order valence-electron chi connectivity index (χ0n) is 14.8. The molecule has 0 aliphatic heterocycles. The van der Waals surface area contributed by atoms with Gasteiger partial charge in [-0.3, -0.25) is 4.79 Å². The van der Waals surface area contributed by atoms with E-state index in [1.807, 2.05) is 0 Å². The summed E-state index contributed by atoms with van der Waals surface area (Å²) in [6.07, 6.45) is 0.0496. The molecule has 0 saturated carbocycles. The summed E-state index contributed by atoms with van der Waals surface area (Å²) in [5.41, 5.74) is 0.621. The number of rotatable bonds is 4. The van der Waals surface area contributed by atoms with Gasteiger partial charge in [-0.1, -0.05) is 12.1 Å². The molecule has 4 rings (SSSR count). The van der Waals surface area contributed by atoms with E-state index in [4.69, 9.17) is 5.11 Å². The van der Waals surface area contributed by atoms with Crippen molar-refractivity contribution in [1.29, 1.82) is 0 Å². The second-order valence-corrected chi connectivity index (χ2v) is 5.90. The average molecular weight is 416 g/mol. The van der Waals surface area contributed by atoms with Gasteiger partial charge in [0.05, 0.1) is 24.3 Å². The fourth-order valence-corrected chi connectivity index (χ4v) is 2.62. The molecule has 1 aromatic carbocycles. The Morgan fingerprint density at radius 2 is 1.90 bits per heavy atom. The van der Waals surface area contributed by atoms with Gasteiger partial charge in [0.1, 0.15) is 17.1 Å². The second-order valence-electron chi connectivity index (χ2n) is 5.90. The molecule has 0 aliphatic rings. The van der Waals surface area contributed by atoms with Crippen LogP contribution in [0, 0.1) is 0 Å². The van der Waals surface area contributed by atoms with Crippen molar-refractivity contribution in [3.05, 3.63) is 60.8 Å². The van der Waals surface area contributed by atoms with Crippen LogP contribution in [-0.4, -0.2) is 41.9 Å². The fraction of sp³-hybridized carbons (Fsp3) is 0.0556. The van der Waals surface area contributed by atoms with Gasteiger partial charge in [-0.15, -0.1) is 13.2 Å². The summed E-state index contributed by atoms with van der Waals surface area (Å²) in [5.74, 6) is -1.38. The highest BCUT2D eigenvalue weighted by Gasteiger charge is 2.32. The van der Waals surface area contributed by atoms with E-state index in [1.165, 1.54) is 41.2 Å². The number of fused-ring (bicyclic) bond motifs is 1. The maximum atomic E-state index is 12.7. The Bertz CT molecular complexity index is 1220. The van der Waals surface area contributed by atoms with Crippen LogP contribution in [0.15, 0.2) is 55.1 Å². The van der Waals surface area contributed by atoms with Crippen molar-refractivity contribution in [3.63, 3.8) is 0 Å². The minimum absolute atomic E-state index is 0.0628. The first-order chi connectivity index (χ1) is 14.3. The maximum Gasteiger partial charge on any atom is 0.573 e. The average Bonchev–Trinajstić information content (AvgIpc) is 3.10. The van der Waals surface area contributed by atoms with E-state index >= 15 is 0 Å². The highest BCUT2D eigenvalue weighted by atomic mass is 19.4. The third-order valence-electron chi connectivity index (χ3n) is 3.88. The molecule has 0 saturated heterocycles. The molecule has 0 radical (unpaired) electrons. The molecule has 4 aromatic rings. The Morgan fingerprint density at radius 1 is 1.10 bits per heavy atom. The summed E-state index contributed by atoms with van der Waals surface area (Å²) in [6.45, 7) is 0. The number of ether oxygens (including phenoxy) is 1. The molecule has 30 heavy (non-hydrogen) atoms. The van der Waals surface area contributed by atoms with Gasteiger partial charge in [-0.2, -0.15) is 5.10 Å². The van der Waals surface area contributed by atoms with Crippen molar-refractivity contribution in [2.75, 3.05) is 5.32 Å². The number of nitrogens with zero attached hydrogens (tertiary/aromatic N) is 5. The Kier molecular flexibility index (Phi) is 4.66. The summed E-state index contributed by atoms with van der Waals surface area (Å²) in [4.78, 5) is 24.0. The Morgan fingerprint density at radius 3 is 2.63 bits per heavy atom. The summed E-state index contributed by atoms with van der Waals surface area (Å²) < 4.78 is 43.5. The molecule has 3 heterocycles. The third-order valence-corrected chi connectivity index (χ3v) is 3.88. The maximum absolute atomic E-state index is 12.7. The molecular formula is C18H11F3N6O3. The number of nitrogens with one attached hydrogen (secondary N) is 1. The van der Waals surface area contributed by atoms with Crippen LogP contribution in [0.5, 0.6) is 11.6 Å². The lowest BCUT2D eigenvalue weighted by Gasteiger charge is -2.13. The van der Waals surface area contributed by atoms with Crippen LogP contribution in [0.3, 0.4) is 0 Å². The molecule has 0 atom stereocenters. The van der Waals surface area contributed by atoms with Gasteiger partial charge < -0.3 is 15.2 Å². The van der Waals surface area contributed by atoms with Crippen molar-refractivity contribution < 1.29 is 27.8 Å². The van der Waals surface area contributed by atoms with Crippen LogP contribution in [0.2, 0.25) is 0 Å². The molecule has 0 spiro atoms. The molecule has 152 valence electrons. The van der Waals surface area contributed by atoms with E-state index in [2.05, 4.69) is 30.1 Å². The standard InChI is InChI=1S/C18H11F3N6O3/c19-18(20,21)30-14-4-2-1-3-10(14)11-5-6-27-16(25-11)12(8-24-27)26-17(29)13-7-23-15(28)9-22-13/h1-9H,(H,23,28)(H,26,29).